The summed E-state index contributed by atoms with van der Waals surface area (Å²) in [5, 5.41) is 11.2. The SMILES string of the molecule is C=CCc1ccc(OCC(O)Cn2cnc3sc(C)c(-c4ccccc4)c3c2=O)c(OC)c1. The number of thiophene rings is 1. The first-order chi connectivity index (χ1) is 16.0. The molecule has 1 N–H and O–H groups in total. The molecule has 0 aliphatic carbocycles. The highest BCUT2D eigenvalue weighted by atomic mass is 32.1. The minimum absolute atomic E-state index is 0.00977. The first kappa shape index (κ1) is 22.8. The van der Waals surface area contributed by atoms with Crippen LogP contribution >= 0.6 is 11.3 Å². The molecule has 7 heteroatoms. The summed E-state index contributed by atoms with van der Waals surface area (Å²) in [6.07, 6.45) is 3.13. The molecule has 33 heavy (non-hydrogen) atoms. The molecule has 0 aliphatic heterocycles. The number of hydrogen-bond acceptors (Lipinski definition) is 6. The number of allylic oxidation sites excluding steroid dienone is 1. The fraction of sp³-hybridized carbons (Fsp3) is 0.231. The van der Waals surface area contributed by atoms with Crippen molar-refractivity contribution in [2.24, 2.45) is 0 Å². The third kappa shape index (κ3) is 4.84. The summed E-state index contributed by atoms with van der Waals surface area (Å²) in [7, 11) is 1.57. The predicted molar refractivity (Wildman–Crippen MR) is 132 cm³/mol. The predicted octanol–water partition coefficient (Wildman–Crippen LogP) is 4.61. The number of aliphatic hydroxyl groups excluding tert-OH is 1. The quantitative estimate of drug-likeness (QED) is 0.368. The van der Waals surface area contributed by atoms with E-state index in [4.69, 9.17) is 9.47 Å². The van der Waals surface area contributed by atoms with Crippen LogP contribution in [0.5, 0.6) is 11.5 Å². The van der Waals surface area contributed by atoms with Crippen molar-refractivity contribution < 1.29 is 14.6 Å². The second-order valence-electron chi connectivity index (χ2n) is 7.72. The number of aryl methyl sites for hydroxylation is 1. The van der Waals surface area contributed by atoms with E-state index in [1.807, 2.05) is 61.5 Å². The monoisotopic (exact) mass is 462 g/mol. The molecule has 170 valence electrons. The second-order valence-corrected chi connectivity index (χ2v) is 8.93. The molecule has 4 rings (SSSR count). The van der Waals surface area contributed by atoms with E-state index in [2.05, 4.69) is 11.6 Å². The summed E-state index contributed by atoms with van der Waals surface area (Å²) in [6, 6.07) is 15.4. The van der Waals surface area contributed by atoms with Crippen LogP contribution in [-0.2, 0) is 13.0 Å². The van der Waals surface area contributed by atoms with Crippen molar-refractivity contribution in [2.45, 2.75) is 26.0 Å². The first-order valence-electron chi connectivity index (χ1n) is 10.6. The summed E-state index contributed by atoms with van der Waals surface area (Å²) in [4.78, 5) is 19.5. The highest BCUT2D eigenvalue weighted by Gasteiger charge is 2.18. The van der Waals surface area contributed by atoms with Crippen molar-refractivity contribution in [1.29, 1.82) is 0 Å². The molecule has 4 aromatic rings. The number of benzene rings is 2. The van der Waals surface area contributed by atoms with Gasteiger partial charge in [-0.1, -0.05) is 42.5 Å². The van der Waals surface area contributed by atoms with Gasteiger partial charge in [-0.05, 0) is 36.6 Å². The lowest BCUT2D eigenvalue weighted by atomic mass is 10.0. The Kier molecular flexibility index (Phi) is 6.91. The summed E-state index contributed by atoms with van der Waals surface area (Å²) < 4.78 is 12.6. The van der Waals surface area contributed by atoms with Crippen molar-refractivity contribution in [3.05, 3.63) is 88.3 Å². The minimum atomic E-state index is -0.903. The standard InChI is InChI=1S/C26H26N2O4S/c1-4-8-18-11-12-21(22(13-18)31-3)32-15-20(29)14-28-16-27-25-24(26(28)30)23(17(2)33-25)19-9-6-5-7-10-19/h4-7,9-13,16,20,29H,1,8,14-15H2,2-3H3. The van der Waals surface area contributed by atoms with E-state index >= 15 is 0 Å². The molecular weight excluding hydrogens is 436 g/mol. The summed E-state index contributed by atoms with van der Waals surface area (Å²) in [5.74, 6) is 1.12. The number of aliphatic hydroxyl groups is 1. The van der Waals surface area contributed by atoms with E-state index in [1.54, 1.807) is 7.11 Å². The molecule has 6 nitrogen and oxygen atoms in total. The van der Waals surface area contributed by atoms with Gasteiger partial charge in [-0.15, -0.1) is 17.9 Å². The van der Waals surface area contributed by atoms with Crippen LogP contribution in [0, 0.1) is 6.92 Å². The van der Waals surface area contributed by atoms with Crippen molar-refractivity contribution in [2.75, 3.05) is 13.7 Å². The van der Waals surface area contributed by atoms with Crippen LogP contribution in [-0.4, -0.2) is 34.5 Å². The molecule has 0 radical (unpaired) electrons. The van der Waals surface area contributed by atoms with E-state index in [-0.39, 0.29) is 18.7 Å². The number of methoxy groups -OCH3 is 1. The van der Waals surface area contributed by atoms with Gasteiger partial charge in [0.1, 0.15) is 17.5 Å². The van der Waals surface area contributed by atoms with Crippen molar-refractivity contribution in [3.63, 3.8) is 0 Å². The number of ether oxygens (including phenoxy) is 2. The van der Waals surface area contributed by atoms with Crippen LogP contribution in [0.3, 0.4) is 0 Å². The maximum Gasteiger partial charge on any atom is 0.262 e. The molecule has 0 fully saturated rings. The van der Waals surface area contributed by atoms with Gasteiger partial charge in [0.05, 0.1) is 25.4 Å². The molecular formula is C26H26N2O4S. The fourth-order valence-corrected chi connectivity index (χ4v) is 4.81. The third-order valence-electron chi connectivity index (χ3n) is 5.36. The average molecular weight is 463 g/mol. The van der Waals surface area contributed by atoms with Crippen LogP contribution in [0.25, 0.3) is 21.3 Å². The van der Waals surface area contributed by atoms with E-state index in [9.17, 15) is 9.90 Å². The molecule has 1 unspecified atom stereocenters. The molecule has 2 aromatic heterocycles. The van der Waals surface area contributed by atoms with Crippen molar-refractivity contribution >= 4 is 21.6 Å². The van der Waals surface area contributed by atoms with Gasteiger partial charge in [0.15, 0.2) is 11.5 Å². The highest BCUT2D eigenvalue weighted by Crippen LogP contribution is 2.35. The maximum absolute atomic E-state index is 13.3. The van der Waals surface area contributed by atoms with Crippen LogP contribution in [0.1, 0.15) is 10.4 Å². The van der Waals surface area contributed by atoms with Gasteiger partial charge in [-0.3, -0.25) is 9.36 Å². The lowest BCUT2D eigenvalue weighted by molar-refractivity contribution is 0.0900. The highest BCUT2D eigenvalue weighted by molar-refractivity contribution is 7.19. The van der Waals surface area contributed by atoms with E-state index in [0.29, 0.717) is 21.7 Å². The Morgan fingerprint density at radius 1 is 1.21 bits per heavy atom. The molecule has 1 atom stereocenters. The Morgan fingerprint density at radius 3 is 2.73 bits per heavy atom. The Labute approximate surface area is 196 Å². The van der Waals surface area contributed by atoms with Gasteiger partial charge in [0.2, 0.25) is 0 Å². The van der Waals surface area contributed by atoms with Crippen LogP contribution in [0.2, 0.25) is 0 Å². The van der Waals surface area contributed by atoms with Crippen molar-refractivity contribution in [3.8, 4) is 22.6 Å². The average Bonchev–Trinajstić information content (AvgIpc) is 3.17. The van der Waals surface area contributed by atoms with E-state index in [0.717, 1.165) is 28.0 Å². The maximum atomic E-state index is 13.3. The lowest BCUT2D eigenvalue weighted by Gasteiger charge is -2.16. The summed E-state index contributed by atoms with van der Waals surface area (Å²) in [5.41, 5.74) is 2.76. The largest absolute Gasteiger partial charge is 0.493 e. The number of fused-ring (bicyclic) bond motifs is 1. The summed E-state index contributed by atoms with van der Waals surface area (Å²) >= 11 is 1.50. The zero-order valence-corrected chi connectivity index (χ0v) is 19.5. The van der Waals surface area contributed by atoms with Crippen LogP contribution in [0.4, 0.5) is 0 Å². The van der Waals surface area contributed by atoms with Gasteiger partial charge in [-0.25, -0.2) is 4.98 Å². The smallest absolute Gasteiger partial charge is 0.262 e. The van der Waals surface area contributed by atoms with Gasteiger partial charge >= 0.3 is 0 Å². The molecule has 0 saturated carbocycles. The number of rotatable bonds is 9. The van der Waals surface area contributed by atoms with E-state index in [1.165, 1.54) is 22.2 Å². The molecule has 2 heterocycles. The molecule has 0 saturated heterocycles. The zero-order valence-electron chi connectivity index (χ0n) is 18.7. The zero-order chi connectivity index (χ0) is 23.4. The first-order valence-corrected chi connectivity index (χ1v) is 11.5. The van der Waals surface area contributed by atoms with Gasteiger partial charge in [0.25, 0.3) is 5.56 Å². The van der Waals surface area contributed by atoms with Gasteiger partial charge < -0.3 is 14.6 Å². The molecule has 0 amide bonds. The normalized spacial score (nSPS) is 12.0. The minimum Gasteiger partial charge on any atom is -0.493 e. The fourth-order valence-electron chi connectivity index (χ4n) is 3.81. The van der Waals surface area contributed by atoms with Gasteiger partial charge in [-0.2, -0.15) is 0 Å². The topological polar surface area (TPSA) is 73.6 Å². The Bertz CT molecular complexity index is 1330. The molecule has 0 bridgehead atoms. The van der Waals surface area contributed by atoms with Crippen molar-refractivity contribution in [1.82, 2.24) is 9.55 Å². The third-order valence-corrected chi connectivity index (χ3v) is 6.38. The van der Waals surface area contributed by atoms with Crippen LogP contribution in [0.15, 0.2) is 72.3 Å². The number of nitrogens with zero attached hydrogens (tertiary/aromatic N) is 2. The van der Waals surface area contributed by atoms with E-state index < -0.39 is 6.10 Å². The molecule has 2 aromatic carbocycles. The van der Waals surface area contributed by atoms with Gasteiger partial charge in [0, 0.05) is 10.4 Å². The number of hydrogen-bond donors (Lipinski definition) is 1. The second kappa shape index (κ2) is 10.0. The lowest BCUT2D eigenvalue weighted by Crippen LogP contribution is -2.30. The number of aromatic nitrogens is 2. The van der Waals surface area contributed by atoms with Crippen LogP contribution < -0.4 is 15.0 Å². The Hall–Kier alpha value is -3.42. The molecule has 0 aliphatic rings. The Morgan fingerprint density at radius 2 is 2.00 bits per heavy atom. The summed E-state index contributed by atoms with van der Waals surface area (Å²) in [6.45, 7) is 5.82. The molecule has 0 spiro atoms. The Balaban J connectivity index is 1.54.